The molecule has 0 radical (unpaired) electrons. The van der Waals surface area contributed by atoms with E-state index in [0.717, 1.165) is 12.0 Å². The van der Waals surface area contributed by atoms with E-state index in [9.17, 15) is 4.79 Å². The lowest BCUT2D eigenvalue weighted by Crippen LogP contribution is -2.34. The van der Waals surface area contributed by atoms with Crippen molar-refractivity contribution >= 4 is 5.91 Å². The Morgan fingerprint density at radius 1 is 0.800 bits per heavy atom. The molecule has 0 unspecified atom stereocenters. The molecule has 5 nitrogen and oxygen atoms in total. The van der Waals surface area contributed by atoms with Gasteiger partial charge in [-0.25, -0.2) is 0 Å². The zero-order valence-electron chi connectivity index (χ0n) is 17.8. The van der Waals surface area contributed by atoms with Crippen LogP contribution in [-0.2, 0) is 6.42 Å². The van der Waals surface area contributed by atoms with Crippen molar-refractivity contribution in [1.82, 2.24) is 5.32 Å². The van der Waals surface area contributed by atoms with Crippen molar-refractivity contribution < 1.29 is 19.0 Å². The molecule has 1 N–H and O–H groups in total. The Hall–Kier alpha value is -3.47. The predicted octanol–water partition coefficient (Wildman–Crippen LogP) is 4.74. The first-order valence-electron chi connectivity index (χ1n) is 9.81. The Morgan fingerprint density at radius 3 is 2.03 bits per heavy atom. The quantitative estimate of drug-likeness (QED) is 0.588. The van der Waals surface area contributed by atoms with E-state index >= 15 is 0 Å². The number of rotatable bonds is 8. The number of ether oxygens (including phenoxy) is 3. The van der Waals surface area contributed by atoms with Crippen LogP contribution < -0.4 is 19.5 Å². The maximum Gasteiger partial charge on any atom is 0.255 e. The average Bonchev–Trinajstić information content (AvgIpc) is 2.78. The van der Waals surface area contributed by atoms with Crippen LogP contribution in [0.5, 0.6) is 17.2 Å². The number of amides is 1. The molecule has 0 aliphatic rings. The average molecular weight is 405 g/mol. The molecule has 0 aliphatic carbocycles. The minimum absolute atomic E-state index is 0.0575. The second-order valence-electron chi connectivity index (χ2n) is 7.02. The summed E-state index contributed by atoms with van der Waals surface area (Å²) in [6.45, 7) is 1.98. The lowest BCUT2D eigenvalue weighted by atomic mass is 10.0. The summed E-state index contributed by atoms with van der Waals surface area (Å²) in [5.74, 6) is 1.05. The summed E-state index contributed by atoms with van der Waals surface area (Å²) in [6.07, 6.45) is 0.719. The van der Waals surface area contributed by atoms with Gasteiger partial charge in [0.2, 0.25) is 5.75 Å². The van der Waals surface area contributed by atoms with Crippen LogP contribution in [0.2, 0.25) is 0 Å². The fraction of sp³-hybridized carbons (Fsp3) is 0.240. The highest BCUT2D eigenvalue weighted by atomic mass is 16.5. The van der Waals surface area contributed by atoms with Gasteiger partial charge >= 0.3 is 0 Å². The molecule has 1 atom stereocenters. The lowest BCUT2D eigenvalue weighted by molar-refractivity contribution is 0.0936. The molecular weight excluding hydrogens is 378 g/mol. The van der Waals surface area contributed by atoms with E-state index in [1.807, 2.05) is 25.1 Å². The number of carbonyl (C=O) groups excluding carboxylic acids is 1. The topological polar surface area (TPSA) is 56.8 Å². The first kappa shape index (κ1) is 21.2. The number of hydrogen-bond donors (Lipinski definition) is 1. The van der Waals surface area contributed by atoms with Crippen LogP contribution in [0.3, 0.4) is 0 Å². The van der Waals surface area contributed by atoms with Crippen LogP contribution in [-0.4, -0.2) is 33.3 Å². The zero-order chi connectivity index (χ0) is 21.5. The smallest absolute Gasteiger partial charge is 0.255 e. The SMILES string of the molecule is COc1ccc(C(=O)N[C@@H](C)Cc2ccc(-c3ccccc3)cc2)c(OC)c1OC. The molecule has 1 amide bonds. The first-order valence-corrected chi connectivity index (χ1v) is 9.81. The highest BCUT2D eigenvalue weighted by Crippen LogP contribution is 2.39. The van der Waals surface area contributed by atoms with Gasteiger partial charge in [0.25, 0.3) is 5.91 Å². The van der Waals surface area contributed by atoms with E-state index in [-0.39, 0.29) is 11.9 Å². The highest BCUT2D eigenvalue weighted by molar-refractivity contribution is 5.98. The van der Waals surface area contributed by atoms with Crippen LogP contribution in [0, 0.1) is 0 Å². The van der Waals surface area contributed by atoms with E-state index in [4.69, 9.17) is 14.2 Å². The second-order valence-corrected chi connectivity index (χ2v) is 7.02. The summed E-state index contributed by atoms with van der Waals surface area (Å²) in [7, 11) is 4.57. The normalized spacial score (nSPS) is 11.5. The van der Waals surface area contributed by atoms with E-state index in [0.29, 0.717) is 22.8 Å². The fourth-order valence-corrected chi connectivity index (χ4v) is 3.45. The third-order valence-electron chi connectivity index (χ3n) is 4.93. The third-order valence-corrected chi connectivity index (χ3v) is 4.93. The third kappa shape index (κ3) is 4.74. The minimum Gasteiger partial charge on any atom is -0.493 e. The Labute approximate surface area is 177 Å². The molecule has 30 heavy (non-hydrogen) atoms. The van der Waals surface area contributed by atoms with Gasteiger partial charge in [0.05, 0.1) is 26.9 Å². The number of methoxy groups -OCH3 is 3. The molecule has 0 aliphatic heterocycles. The molecule has 0 heterocycles. The maximum atomic E-state index is 12.8. The van der Waals surface area contributed by atoms with E-state index in [1.165, 1.54) is 25.3 Å². The molecule has 0 bridgehead atoms. The molecule has 3 aromatic rings. The van der Waals surface area contributed by atoms with Crippen LogP contribution in [0.4, 0.5) is 0 Å². The molecule has 0 spiro atoms. The monoisotopic (exact) mass is 405 g/mol. The summed E-state index contributed by atoms with van der Waals surface area (Å²) in [6, 6.07) is 22.0. The van der Waals surface area contributed by atoms with Crippen molar-refractivity contribution in [2.24, 2.45) is 0 Å². The Kier molecular flexibility index (Phi) is 6.96. The van der Waals surface area contributed by atoms with E-state index < -0.39 is 0 Å². The molecule has 0 saturated heterocycles. The van der Waals surface area contributed by atoms with Gasteiger partial charge in [-0.2, -0.15) is 0 Å². The van der Waals surface area contributed by atoms with Gasteiger partial charge in [-0.05, 0) is 42.2 Å². The van der Waals surface area contributed by atoms with Crippen molar-refractivity contribution in [3.8, 4) is 28.4 Å². The Balaban J connectivity index is 1.69. The summed E-state index contributed by atoms with van der Waals surface area (Å²) < 4.78 is 16.1. The molecule has 5 heteroatoms. The summed E-state index contributed by atoms with van der Waals surface area (Å²) in [4.78, 5) is 12.8. The predicted molar refractivity (Wildman–Crippen MR) is 119 cm³/mol. The molecule has 3 aromatic carbocycles. The van der Waals surface area contributed by atoms with Gasteiger partial charge in [0.15, 0.2) is 11.5 Å². The van der Waals surface area contributed by atoms with Gasteiger partial charge in [-0.1, -0.05) is 54.6 Å². The standard InChI is InChI=1S/C25H27NO4/c1-17(16-18-10-12-20(13-11-18)19-8-6-5-7-9-19)26-25(27)21-14-15-22(28-2)24(30-4)23(21)29-3/h5-15,17H,16H2,1-4H3,(H,26,27)/t17-/m0/s1. The molecule has 0 saturated carbocycles. The molecule has 3 rings (SSSR count). The second kappa shape index (κ2) is 9.83. The van der Waals surface area contributed by atoms with Crippen molar-refractivity contribution in [2.75, 3.05) is 21.3 Å². The van der Waals surface area contributed by atoms with Crippen LogP contribution in [0.15, 0.2) is 66.7 Å². The largest absolute Gasteiger partial charge is 0.493 e. The molecule has 0 fully saturated rings. The van der Waals surface area contributed by atoms with Crippen molar-refractivity contribution in [3.05, 3.63) is 77.9 Å². The summed E-state index contributed by atoms with van der Waals surface area (Å²) >= 11 is 0. The van der Waals surface area contributed by atoms with Gasteiger partial charge in [-0.3, -0.25) is 4.79 Å². The first-order chi connectivity index (χ1) is 14.6. The molecular formula is C25H27NO4. The van der Waals surface area contributed by atoms with E-state index in [2.05, 4.69) is 41.7 Å². The minimum atomic E-state index is -0.221. The van der Waals surface area contributed by atoms with Crippen LogP contribution in [0.25, 0.3) is 11.1 Å². The Bertz CT molecular complexity index is 984. The number of benzene rings is 3. The van der Waals surface area contributed by atoms with Gasteiger partial charge in [-0.15, -0.1) is 0 Å². The van der Waals surface area contributed by atoms with Crippen molar-refractivity contribution in [1.29, 1.82) is 0 Å². The number of hydrogen-bond acceptors (Lipinski definition) is 4. The fourth-order valence-electron chi connectivity index (χ4n) is 3.45. The van der Waals surface area contributed by atoms with Gasteiger partial charge < -0.3 is 19.5 Å². The number of carbonyl (C=O) groups is 1. The molecule has 156 valence electrons. The van der Waals surface area contributed by atoms with E-state index in [1.54, 1.807) is 19.2 Å². The lowest BCUT2D eigenvalue weighted by Gasteiger charge is -2.18. The molecule has 0 aromatic heterocycles. The van der Waals surface area contributed by atoms with Gasteiger partial charge in [0, 0.05) is 6.04 Å². The summed E-state index contributed by atoms with van der Waals surface area (Å²) in [5, 5.41) is 3.04. The van der Waals surface area contributed by atoms with Crippen molar-refractivity contribution in [2.45, 2.75) is 19.4 Å². The van der Waals surface area contributed by atoms with Crippen molar-refractivity contribution in [3.63, 3.8) is 0 Å². The highest BCUT2D eigenvalue weighted by Gasteiger charge is 2.21. The van der Waals surface area contributed by atoms with Crippen LogP contribution >= 0.6 is 0 Å². The summed E-state index contributed by atoms with van der Waals surface area (Å²) in [5.41, 5.74) is 3.92. The Morgan fingerprint density at radius 2 is 1.43 bits per heavy atom. The van der Waals surface area contributed by atoms with Crippen LogP contribution in [0.1, 0.15) is 22.8 Å². The van der Waals surface area contributed by atoms with Gasteiger partial charge in [0.1, 0.15) is 0 Å². The number of nitrogens with one attached hydrogen (secondary N) is 1. The zero-order valence-corrected chi connectivity index (χ0v) is 17.8. The maximum absolute atomic E-state index is 12.8.